The molecule has 86 valence electrons. The summed E-state index contributed by atoms with van der Waals surface area (Å²) in [5, 5.41) is 9.83. The largest absolute Gasteiger partial charge is 0.393 e. The zero-order valence-electron chi connectivity index (χ0n) is 9.82. The van der Waals surface area contributed by atoms with E-state index in [-0.39, 0.29) is 6.10 Å². The first-order valence-electron chi connectivity index (χ1n) is 5.27. The fourth-order valence-electron chi connectivity index (χ4n) is 1.49. The summed E-state index contributed by atoms with van der Waals surface area (Å²) in [7, 11) is 3.38. The van der Waals surface area contributed by atoms with Crippen LogP contribution in [-0.4, -0.2) is 38.6 Å². The van der Waals surface area contributed by atoms with E-state index in [0.29, 0.717) is 18.4 Å². The van der Waals surface area contributed by atoms with Crippen LogP contribution < -0.4 is 0 Å². The first-order valence-corrected chi connectivity index (χ1v) is 5.27. The molecule has 3 nitrogen and oxygen atoms in total. The fraction of sp³-hybridized carbons (Fsp3) is 1.00. The van der Waals surface area contributed by atoms with Gasteiger partial charge in [-0.25, -0.2) is 0 Å². The maximum absolute atomic E-state index is 9.83. The molecule has 14 heavy (non-hydrogen) atoms. The zero-order valence-corrected chi connectivity index (χ0v) is 9.82. The quantitative estimate of drug-likeness (QED) is 0.654. The van der Waals surface area contributed by atoms with Gasteiger partial charge in [-0.2, -0.15) is 0 Å². The maximum atomic E-state index is 9.83. The highest BCUT2D eigenvalue weighted by Gasteiger charge is 2.16. The van der Waals surface area contributed by atoms with Crippen LogP contribution in [-0.2, 0) is 9.47 Å². The molecule has 1 N–H and O–H groups in total. The average molecular weight is 204 g/mol. The van der Waals surface area contributed by atoms with Crippen molar-refractivity contribution < 1.29 is 14.6 Å². The van der Waals surface area contributed by atoms with Crippen molar-refractivity contribution in [3.8, 4) is 0 Å². The summed E-state index contributed by atoms with van der Waals surface area (Å²) in [5.41, 5.74) is 0. The molecule has 0 saturated heterocycles. The molecule has 3 atom stereocenters. The highest BCUT2D eigenvalue weighted by atomic mass is 16.5. The third-order valence-corrected chi connectivity index (χ3v) is 2.53. The molecule has 0 radical (unpaired) electrons. The summed E-state index contributed by atoms with van der Waals surface area (Å²) in [6.45, 7) is 5.59. The van der Waals surface area contributed by atoms with Gasteiger partial charge < -0.3 is 14.6 Å². The number of rotatable bonds is 8. The minimum Gasteiger partial charge on any atom is -0.393 e. The van der Waals surface area contributed by atoms with Gasteiger partial charge in [-0.3, -0.25) is 0 Å². The number of methoxy groups -OCH3 is 2. The molecule has 3 heteroatoms. The number of aliphatic hydroxyl groups excluding tert-OH is 1. The van der Waals surface area contributed by atoms with Crippen LogP contribution in [0.1, 0.15) is 26.7 Å². The second-order valence-electron chi connectivity index (χ2n) is 4.12. The molecule has 0 aromatic carbocycles. The van der Waals surface area contributed by atoms with E-state index >= 15 is 0 Å². The van der Waals surface area contributed by atoms with Crippen LogP contribution in [0.3, 0.4) is 0 Å². The average Bonchev–Trinajstić information content (AvgIpc) is 2.14. The molecular formula is C11H24O3. The van der Waals surface area contributed by atoms with Crippen LogP contribution in [0.4, 0.5) is 0 Å². The van der Waals surface area contributed by atoms with Gasteiger partial charge in [-0.1, -0.05) is 13.8 Å². The summed E-state index contributed by atoms with van der Waals surface area (Å²) in [5.74, 6) is 0.717. The van der Waals surface area contributed by atoms with Crippen molar-refractivity contribution in [3.05, 3.63) is 0 Å². The van der Waals surface area contributed by atoms with Gasteiger partial charge in [0.25, 0.3) is 0 Å². The third kappa shape index (κ3) is 6.35. The Labute approximate surface area is 87.4 Å². The third-order valence-electron chi connectivity index (χ3n) is 2.53. The van der Waals surface area contributed by atoms with E-state index in [4.69, 9.17) is 9.47 Å². The second-order valence-corrected chi connectivity index (χ2v) is 4.12. The number of hydrogen-bond acceptors (Lipinski definition) is 3. The van der Waals surface area contributed by atoms with Crippen LogP contribution in [0.5, 0.6) is 0 Å². The molecule has 0 saturated carbocycles. The number of hydrogen-bond donors (Lipinski definition) is 1. The van der Waals surface area contributed by atoms with Gasteiger partial charge in [-0.05, 0) is 24.7 Å². The fourth-order valence-corrected chi connectivity index (χ4v) is 1.49. The molecule has 0 bridgehead atoms. The minimum atomic E-state index is -0.240. The lowest BCUT2D eigenvalue weighted by atomic mass is 9.93. The van der Waals surface area contributed by atoms with Crippen LogP contribution in [0.2, 0.25) is 0 Å². The minimum absolute atomic E-state index is 0.240. The molecule has 0 spiro atoms. The van der Waals surface area contributed by atoms with Gasteiger partial charge in [0.1, 0.15) is 0 Å². The predicted molar refractivity (Wildman–Crippen MR) is 57.3 cm³/mol. The molecule has 0 heterocycles. The van der Waals surface area contributed by atoms with E-state index in [0.717, 1.165) is 19.4 Å². The molecule has 0 aromatic rings. The van der Waals surface area contributed by atoms with E-state index in [1.54, 1.807) is 14.2 Å². The van der Waals surface area contributed by atoms with Crippen molar-refractivity contribution in [1.29, 1.82) is 0 Å². The van der Waals surface area contributed by atoms with Crippen LogP contribution in [0.15, 0.2) is 0 Å². The maximum Gasteiger partial charge on any atom is 0.0570 e. The Morgan fingerprint density at radius 3 is 2.29 bits per heavy atom. The van der Waals surface area contributed by atoms with Crippen molar-refractivity contribution in [2.75, 3.05) is 27.4 Å². The van der Waals surface area contributed by atoms with Gasteiger partial charge in [-0.15, -0.1) is 0 Å². The molecule has 0 fully saturated rings. The smallest absolute Gasteiger partial charge is 0.0570 e. The van der Waals surface area contributed by atoms with Crippen molar-refractivity contribution in [2.24, 2.45) is 11.8 Å². The Kier molecular flexibility index (Phi) is 8.14. The molecule has 0 aliphatic rings. The van der Waals surface area contributed by atoms with Crippen molar-refractivity contribution in [3.63, 3.8) is 0 Å². The first kappa shape index (κ1) is 13.9. The lowest BCUT2D eigenvalue weighted by Gasteiger charge is -2.21. The van der Waals surface area contributed by atoms with Gasteiger partial charge in [0.05, 0.1) is 6.10 Å². The topological polar surface area (TPSA) is 38.7 Å². The molecule has 0 amide bonds. The summed E-state index contributed by atoms with van der Waals surface area (Å²) in [6.07, 6.45) is 1.48. The highest BCUT2D eigenvalue weighted by molar-refractivity contribution is 4.67. The van der Waals surface area contributed by atoms with Crippen molar-refractivity contribution in [2.45, 2.75) is 32.8 Å². The van der Waals surface area contributed by atoms with Gasteiger partial charge in [0.15, 0.2) is 0 Å². The van der Waals surface area contributed by atoms with E-state index in [2.05, 4.69) is 13.8 Å². The Morgan fingerprint density at radius 2 is 1.79 bits per heavy atom. The molecule has 0 rings (SSSR count). The van der Waals surface area contributed by atoms with Crippen LogP contribution in [0, 0.1) is 11.8 Å². The molecule has 0 aliphatic heterocycles. The molecule has 0 aliphatic carbocycles. The normalized spacial score (nSPS) is 17.8. The summed E-state index contributed by atoms with van der Waals surface area (Å²) in [6, 6.07) is 0. The standard InChI is InChI=1S/C11H24O3/c1-9(8-14-4)7-11(12)10(2)5-6-13-3/h9-12H,5-8H2,1-4H3. The lowest BCUT2D eigenvalue weighted by molar-refractivity contribution is 0.0541. The van der Waals surface area contributed by atoms with Crippen molar-refractivity contribution in [1.82, 2.24) is 0 Å². The molecular weight excluding hydrogens is 180 g/mol. The zero-order chi connectivity index (χ0) is 11.0. The van der Waals surface area contributed by atoms with Gasteiger partial charge in [0.2, 0.25) is 0 Å². The van der Waals surface area contributed by atoms with E-state index < -0.39 is 0 Å². The number of ether oxygens (including phenoxy) is 2. The Bertz CT molecular complexity index is 128. The SMILES string of the molecule is COCCC(C)C(O)CC(C)COC. The monoisotopic (exact) mass is 204 g/mol. The second kappa shape index (κ2) is 8.21. The van der Waals surface area contributed by atoms with Gasteiger partial charge in [0, 0.05) is 27.4 Å². The Hall–Kier alpha value is -0.120. The Balaban J connectivity index is 3.64. The summed E-state index contributed by atoms with van der Waals surface area (Å²) >= 11 is 0. The highest BCUT2D eigenvalue weighted by Crippen LogP contribution is 2.16. The summed E-state index contributed by atoms with van der Waals surface area (Å²) < 4.78 is 10.0. The number of aliphatic hydroxyl groups is 1. The Morgan fingerprint density at radius 1 is 1.14 bits per heavy atom. The first-order chi connectivity index (χ1) is 6.61. The van der Waals surface area contributed by atoms with Crippen LogP contribution >= 0.6 is 0 Å². The predicted octanol–water partition coefficient (Wildman–Crippen LogP) is 1.69. The molecule has 3 unspecified atom stereocenters. The van der Waals surface area contributed by atoms with E-state index in [1.165, 1.54) is 0 Å². The van der Waals surface area contributed by atoms with E-state index in [9.17, 15) is 5.11 Å². The molecule has 0 aromatic heterocycles. The van der Waals surface area contributed by atoms with Crippen molar-refractivity contribution >= 4 is 0 Å². The summed E-state index contributed by atoms with van der Waals surface area (Å²) in [4.78, 5) is 0. The van der Waals surface area contributed by atoms with Crippen LogP contribution in [0.25, 0.3) is 0 Å². The lowest BCUT2D eigenvalue weighted by Crippen LogP contribution is -2.23. The van der Waals surface area contributed by atoms with E-state index in [1.807, 2.05) is 0 Å². The van der Waals surface area contributed by atoms with Gasteiger partial charge >= 0.3 is 0 Å².